The summed E-state index contributed by atoms with van der Waals surface area (Å²) in [4.78, 5) is 44.0. The van der Waals surface area contributed by atoms with Crippen LogP contribution in [0.2, 0.25) is 0 Å². The number of fused-ring (bicyclic) bond motifs is 2. The number of carbonyl (C=O) groups excluding carboxylic acids is 3. The van der Waals surface area contributed by atoms with Crippen molar-refractivity contribution in [2.24, 2.45) is 0 Å². The van der Waals surface area contributed by atoms with Gasteiger partial charge in [-0.25, -0.2) is 0 Å². The first-order chi connectivity index (χ1) is 17.4. The molecule has 2 heterocycles. The van der Waals surface area contributed by atoms with Crippen molar-refractivity contribution in [3.8, 4) is 5.75 Å². The van der Waals surface area contributed by atoms with Crippen LogP contribution in [0.15, 0.2) is 66.8 Å². The van der Waals surface area contributed by atoms with Gasteiger partial charge in [-0.15, -0.1) is 0 Å². The predicted octanol–water partition coefficient (Wildman–Crippen LogP) is 3.62. The van der Waals surface area contributed by atoms with Crippen molar-refractivity contribution in [1.82, 2.24) is 4.90 Å². The first kappa shape index (κ1) is 25.2. The van der Waals surface area contributed by atoms with E-state index in [1.807, 2.05) is 13.0 Å². The Morgan fingerprint density at radius 3 is 2.47 bits per heavy atom. The monoisotopic (exact) mass is 490 g/mol. The lowest BCUT2D eigenvalue weighted by atomic mass is 9.82. The summed E-state index contributed by atoms with van der Waals surface area (Å²) in [5, 5.41) is 11.5. The Kier molecular flexibility index (Phi) is 7.26. The summed E-state index contributed by atoms with van der Waals surface area (Å²) in [6.45, 7) is 6.76. The van der Waals surface area contributed by atoms with Gasteiger partial charge in [-0.05, 0) is 43.2 Å². The number of amides is 2. The Bertz CT molecular complexity index is 1220. The van der Waals surface area contributed by atoms with Gasteiger partial charge in [-0.3, -0.25) is 14.4 Å². The molecule has 2 aromatic rings. The van der Waals surface area contributed by atoms with Crippen molar-refractivity contribution < 1.29 is 29.0 Å². The van der Waals surface area contributed by atoms with E-state index in [0.29, 0.717) is 55.2 Å². The summed E-state index contributed by atoms with van der Waals surface area (Å²) in [5.41, 5.74) is -0.541. The second-order valence-electron chi connectivity index (χ2n) is 8.66. The summed E-state index contributed by atoms with van der Waals surface area (Å²) in [6, 6.07) is 13.6. The van der Waals surface area contributed by atoms with Crippen LogP contribution in [0.25, 0.3) is 5.76 Å². The summed E-state index contributed by atoms with van der Waals surface area (Å²) >= 11 is 0. The largest absolute Gasteiger partial charge is 0.507 e. The van der Waals surface area contributed by atoms with Crippen LogP contribution in [0, 0.1) is 0 Å². The van der Waals surface area contributed by atoms with Crippen LogP contribution in [0.1, 0.15) is 30.9 Å². The van der Waals surface area contributed by atoms with E-state index in [1.165, 1.54) is 4.90 Å². The molecule has 2 aliphatic heterocycles. The Morgan fingerprint density at radius 1 is 1.08 bits per heavy atom. The molecule has 2 amide bonds. The number of nitrogens with zero attached hydrogens (tertiary/aromatic N) is 2. The third-order valence-corrected chi connectivity index (χ3v) is 6.48. The van der Waals surface area contributed by atoms with Crippen LogP contribution < -0.4 is 9.64 Å². The first-order valence-electron chi connectivity index (χ1n) is 12.0. The van der Waals surface area contributed by atoms with Gasteiger partial charge in [-0.2, -0.15) is 0 Å². The normalized spacial score (nSPS) is 20.3. The SMILES string of the molecule is C=CCOc1ccc(C(O)=C2C(=O)C(=O)N(CCCOC)[C@@]23C(=O)N(CCC)c2ccccc23)cc1. The molecule has 1 spiro atoms. The topological polar surface area (TPSA) is 96.4 Å². The molecule has 0 radical (unpaired) electrons. The molecule has 0 unspecified atom stereocenters. The summed E-state index contributed by atoms with van der Waals surface area (Å²) in [5.74, 6) is -1.98. The number of carbonyl (C=O) groups is 3. The van der Waals surface area contributed by atoms with Crippen LogP contribution in [0.4, 0.5) is 5.69 Å². The lowest BCUT2D eigenvalue weighted by Gasteiger charge is -2.34. The number of para-hydroxylation sites is 1. The number of rotatable bonds is 10. The highest BCUT2D eigenvalue weighted by Gasteiger charge is 2.66. The predicted molar refractivity (Wildman–Crippen MR) is 136 cm³/mol. The molecular formula is C28H30N2O6. The van der Waals surface area contributed by atoms with Crippen molar-refractivity contribution in [2.75, 3.05) is 38.3 Å². The molecule has 2 aliphatic rings. The van der Waals surface area contributed by atoms with Gasteiger partial charge in [0.15, 0.2) is 5.54 Å². The molecule has 4 rings (SSSR count). The molecule has 8 nitrogen and oxygen atoms in total. The maximum absolute atomic E-state index is 14.2. The smallest absolute Gasteiger partial charge is 0.296 e. The third kappa shape index (κ3) is 3.87. The summed E-state index contributed by atoms with van der Waals surface area (Å²) in [7, 11) is 1.55. The number of hydrogen-bond acceptors (Lipinski definition) is 6. The van der Waals surface area contributed by atoms with Crippen LogP contribution in [-0.2, 0) is 24.7 Å². The molecule has 0 aromatic heterocycles. The fraction of sp³-hybridized carbons (Fsp3) is 0.321. The first-order valence-corrected chi connectivity index (χ1v) is 12.0. The van der Waals surface area contributed by atoms with E-state index in [-0.39, 0.29) is 12.1 Å². The fourth-order valence-corrected chi connectivity index (χ4v) is 4.99. The minimum atomic E-state index is -1.75. The molecule has 1 fully saturated rings. The second-order valence-corrected chi connectivity index (χ2v) is 8.66. The zero-order valence-electron chi connectivity index (χ0n) is 20.5. The number of aliphatic hydroxyl groups is 1. The van der Waals surface area contributed by atoms with Crippen molar-refractivity contribution in [2.45, 2.75) is 25.3 Å². The van der Waals surface area contributed by atoms with Crippen molar-refractivity contribution in [3.05, 3.63) is 77.9 Å². The minimum Gasteiger partial charge on any atom is -0.507 e. The highest BCUT2D eigenvalue weighted by Crippen LogP contribution is 2.53. The van der Waals surface area contributed by atoms with Gasteiger partial charge >= 0.3 is 0 Å². The zero-order valence-corrected chi connectivity index (χ0v) is 20.5. The highest BCUT2D eigenvalue weighted by atomic mass is 16.5. The van der Waals surface area contributed by atoms with Gasteiger partial charge in [-0.1, -0.05) is 37.8 Å². The molecule has 2 aromatic carbocycles. The zero-order chi connectivity index (χ0) is 25.9. The van der Waals surface area contributed by atoms with Gasteiger partial charge in [0, 0.05) is 37.9 Å². The number of benzene rings is 2. The van der Waals surface area contributed by atoms with Gasteiger partial charge in [0.2, 0.25) is 0 Å². The molecular weight excluding hydrogens is 460 g/mol. The number of ketones is 1. The Balaban J connectivity index is 1.94. The van der Waals surface area contributed by atoms with E-state index in [4.69, 9.17) is 9.47 Å². The number of likely N-dealkylation sites (tertiary alicyclic amines) is 1. The summed E-state index contributed by atoms with van der Waals surface area (Å²) < 4.78 is 10.7. The van der Waals surface area contributed by atoms with Crippen LogP contribution >= 0.6 is 0 Å². The number of ether oxygens (including phenoxy) is 2. The van der Waals surface area contributed by atoms with Gasteiger partial charge in [0.1, 0.15) is 18.1 Å². The number of Topliss-reactive ketones (excluding diaryl/α,β-unsaturated/α-hetero) is 1. The number of methoxy groups -OCH3 is 1. The molecule has 36 heavy (non-hydrogen) atoms. The average Bonchev–Trinajstić information content (AvgIpc) is 3.27. The highest BCUT2D eigenvalue weighted by molar-refractivity contribution is 6.50. The molecule has 1 N–H and O–H groups in total. The molecule has 188 valence electrons. The molecule has 8 heteroatoms. The minimum absolute atomic E-state index is 0.115. The van der Waals surface area contributed by atoms with E-state index < -0.39 is 28.9 Å². The van der Waals surface area contributed by atoms with Gasteiger partial charge in [0.05, 0.1) is 11.3 Å². The molecule has 0 saturated carbocycles. The van der Waals surface area contributed by atoms with Crippen molar-refractivity contribution >= 4 is 29.0 Å². The maximum Gasteiger partial charge on any atom is 0.296 e. The van der Waals surface area contributed by atoms with Crippen LogP contribution in [-0.4, -0.2) is 61.0 Å². The number of aliphatic hydroxyl groups excluding tert-OH is 1. The third-order valence-electron chi connectivity index (χ3n) is 6.48. The lowest BCUT2D eigenvalue weighted by Crippen LogP contribution is -2.52. The molecule has 0 bridgehead atoms. The van der Waals surface area contributed by atoms with E-state index >= 15 is 0 Å². The van der Waals surface area contributed by atoms with Gasteiger partial charge < -0.3 is 24.4 Å². The molecule has 0 aliphatic carbocycles. The maximum atomic E-state index is 14.2. The van der Waals surface area contributed by atoms with Crippen LogP contribution in [0.3, 0.4) is 0 Å². The Hall–Kier alpha value is -3.91. The van der Waals surface area contributed by atoms with Crippen molar-refractivity contribution in [1.29, 1.82) is 0 Å². The lowest BCUT2D eigenvalue weighted by molar-refractivity contribution is -0.143. The summed E-state index contributed by atoms with van der Waals surface area (Å²) in [6.07, 6.45) is 2.71. The van der Waals surface area contributed by atoms with E-state index in [0.717, 1.165) is 0 Å². The number of hydrogen-bond donors (Lipinski definition) is 1. The quantitative estimate of drug-likeness (QED) is 0.180. The van der Waals surface area contributed by atoms with Crippen LogP contribution in [0.5, 0.6) is 5.75 Å². The average molecular weight is 491 g/mol. The van der Waals surface area contributed by atoms with Crippen molar-refractivity contribution in [3.63, 3.8) is 0 Å². The fourth-order valence-electron chi connectivity index (χ4n) is 4.99. The second kappa shape index (κ2) is 10.4. The van der Waals surface area contributed by atoms with E-state index in [9.17, 15) is 19.5 Å². The Labute approximate surface area is 210 Å². The van der Waals surface area contributed by atoms with Gasteiger partial charge in [0.25, 0.3) is 17.6 Å². The Morgan fingerprint density at radius 2 is 1.81 bits per heavy atom. The standard InChI is InChI=1S/C28H30N2O6/c1-4-15-29-22-10-7-6-9-21(22)28(27(29)34)23(25(32)26(33)30(28)16-8-18-35-3)24(31)19-11-13-20(14-12-19)36-17-5-2/h5-7,9-14,31H,2,4,8,15-18H2,1,3H3/t28-/m1/s1. The molecule has 1 saturated heterocycles. The van der Waals surface area contributed by atoms with E-state index in [1.54, 1.807) is 60.6 Å². The molecule has 1 atom stereocenters. The number of anilines is 1. The van der Waals surface area contributed by atoms with E-state index in [2.05, 4.69) is 6.58 Å².